The molecule has 36 heavy (non-hydrogen) atoms. The second kappa shape index (κ2) is 8.43. The monoisotopic (exact) mass is 546 g/mol. The van der Waals surface area contributed by atoms with E-state index in [1.165, 1.54) is 0 Å². The van der Waals surface area contributed by atoms with Gasteiger partial charge in [-0.2, -0.15) is 52.7 Å². The van der Waals surface area contributed by atoms with Crippen LogP contribution in [0.2, 0.25) is 0 Å². The number of carbonyl (C=O) groups excluding carboxylic acids is 1. The van der Waals surface area contributed by atoms with Gasteiger partial charge in [-0.15, -0.1) is 0 Å². The first kappa shape index (κ1) is 29.0. The number of aliphatic hydroxyl groups is 2. The molecule has 2 aromatic carbocycles. The lowest BCUT2D eigenvalue weighted by atomic mass is 9.87. The summed E-state index contributed by atoms with van der Waals surface area (Å²) < 4.78 is 158. The fraction of sp³-hybridized carbons (Fsp3) is 0.316. The van der Waals surface area contributed by atoms with E-state index in [0.29, 0.717) is 12.1 Å². The molecule has 17 heteroatoms. The number of hydrogen-bond acceptors (Lipinski definition) is 5. The molecular weight excluding hydrogens is 536 g/mol. The van der Waals surface area contributed by atoms with Crippen molar-refractivity contribution in [2.45, 2.75) is 35.9 Å². The molecule has 0 heterocycles. The number of hydrogen-bond donors (Lipinski definition) is 4. The molecule has 0 saturated heterocycles. The molecule has 2 aromatic rings. The fourth-order valence-corrected chi connectivity index (χ4v) is 3.03. The summed E-state index contributed by atoms with van der Waals surface area (Å²) in [5.74, 6) is -5.45. The Labute approximate surface area is 190 Å². The predicted octanol–water partition coefficient (Wildman–Crippen LogP) is 4.95. The highest BCUT2D eigenvalue weighted by molar-refractivity contribution is 6.09. The minimum atomic E-state index is -6.52. The zero-order valence-electron chi connectivity index (χ0n) is 16.7. The van der Waals surface area contributed by atoms with Crippen LogP contribution in [0.4, 0.5) is 52.7 Å². The summed E-state index contributed by atoms with van der Waals surface area (Å²) in [6.07, 6.45) is -26.1. The summed E-state index contributed by atoms with van der Waals surface area (Å²) in [4.78, 5) is 12.6. The average molecular weight is 546 g/mol. The molecule has 0 aliphatic heterocycles. The number of halogens is 12. The Kier molecular flexibility index (Phi) is 6.80. The standard InChI is InChI=1S/C19H10F12O5/c20-16(21,22)14(35,17(23,24)25)9-5-7(1-3-11(9)32)13(34)8-2-4-12(33)10(6-8)15(36,18(26,27)28)19(29,30)31/h1-6,32-33,35-36H. The SMILES string of the molecule is O=C(c1ccc(O)c(C(O)(C(F)(F)F)C(F)(F)F)c1)c1ccc(O)c(C(O)(C(F)(F)F)C(F)(F)F)c1. The van der Waals surface area contributed by atoms with E-state index in [2.05, 4.69) is 0 Å². The van der Waals surface area contributed by atoms with Gasteiger partial charge in [0.15, 0.2) is 5.78 Å². The largest absolute Gasteiger partial charge is 0.508 e. The van der Waals surface area contributed by atoms with Crippen LogP contribution < -0.4 is 0 Å². The van der Waals surface area contributed by atoms with Gasteiger partial charge in [0, 0.05) is 22.3 Å². The Balaban J connectivity index is 2.76. The van der Waals surface area contributed by atoms with Crippen LogP contribution in [0.5, 0.6) is 11.5 Å². The molecule has 200 valence electrons. The Morgan fingerprint density at radius 1 is 0.528 bits per heavy atom. The van der Waals surface area contributed by atoms with Crippen molar-refractivity contribution < 1.29 is 77.9 Å². The van der Waals surface area contributed by atoms with Crippen LogP contribution in [0.3, 0.4) is 0 Å². The van der Waals surface area contributed by atoms with Gasteiger partial charge in [-0.05, 0) is 36.4 Å². The van der Waals surface area contributed by atoms with Crippen molar-refractivity contribution in [2.75, 3.05) is 0 Å². The van der Waals surface area contributed by atoms with E-state index in [4.69, 9.17) is 0 Å². The molecule has 4 N–H and O–H groups in total. The van der Waals surface area contributed by atoms with Gasteiger partial charge in [0.05, 0.1) is 0 Å². The summed E-state index contributed by atoms with van der Waals surface area (Å²) in [6.45, 7) is 0. The van der Waals surface area contributed by atoms with Crippen molar-refractivity contribution >= 4 is 5.78 Å². The van der Waals surface area contributed by atoms with Crippen LogP contribution >= 0.6 is 0 Å². The van der Waals surface area contributed by atoms with Crippen LogP contribution in [0.25, 0.3) is 0 Å². The van der Waals surface area contributed by atoms with Gasteiger partial charge in [-0.1, -0.05) is 0 Å². The highest BCUT2D eigenvalue weighted by atomic mass is 19.4. The number of phenols is 2. The minimum Gasteiger partial charge on any atom is -0.508 e. The predicted molar refractivity (Wildman–Crippen MR) is 91.7 cm³/mol. The lowest BCUT2D eigenvalue weighted by Crippen LogP contribution is -2.54. The van der Waals surface area contributed by atoms with Gasteiger partial charge in [-0.3, -0.25) is 4.79 Å². The van der Waals surface area contributed by atoms with Crippen molar-refractivity contribution in [3.8, 4) is 11.5 Å². The molecule has 5 nitrogen and oxygen atoms in total. The Hall–Kier alpha value is -3.21. The van der Waals surface area contributed by atoms with E-state index in [0.717, 1.165) is 0 Å². The molecule has 0 aliphatic carbocycles. The normalized spacial score (nSPS) is 14.2. The smallest absolute Gasteiger partial charge is 0.430 e. The van der Waals surface area contributed by atoms with Crippen LogP contribution in [-0.4, -0.2) is 50.9 Å². The number of phenolic OH excluding ortho intramolecular Hbond substituents is 2. The fourth-order valence-electron chi connectivity index (χ4n) is 3.03. The van der Waals surface area contributed by atoms with Crippen LogP contribution in [0.15, 0.2) is 36.4 Å². The molecule has 0 fully saturated rings. The quantitative estimate of drug-likeness (QED) is 0.322. The van der Waals surface area contributed by atoms with E-state index in [1.54, 1.807) is 0 Å². The highest BCUT2D eigenvalue weighted by Gasteiger charge is 2.73. The number of carbonyl (C=O) groups is 1. The molecule has 0 atom stereocenters. The van der Waals surface area contributed by atoms with Gasteiger partial charge < -0.3 is 20.4 Å². The van der Waals surface area contributed by atoms with E-state index in [9.17, 15) is 77.9 Å². The molecule has 0 aliphatic rings. The van der Waals surface area contributed by atoms with Gasteiger partial charge in [-0.25, -0.2) is 0 Å². The van der Waals surface area contributed by atoms with Crippen molar-refractivity contribution in [1.82, 2.24) is 0 Å². The maximum atomic E-state index is 13.1. The topological polar surface area (TPSA) is 98.0 Å². The van der Waals surface area contributed by atoms with E-state index >= 15 is 0 Å². The van der Waals surface area contributed by atoms with Crippen LogP contribution in [0.1, 0.15) is 27.0 Å². The molecule has 0 bridgehead atoms. The second-order valence-corrected chi connectivity index (χ2v) is 7.20. The van der Waals surface area contributed by atoms with Crippen molar-refractivity contribution in [3.63, 3.8) is 0 Å². The lowest BCUT2D eigenvalue weighted by Gasteiger charge is -2.33. The number of ketones is 1. The molecular formula is C19H10F12O5. The number of alkyl halides is 12. The molecule has 0 radical (unpaired) electrons. The van der Waals surface area contributed by atoms with Crippen molar-refractivity contribution in [3.05, 3.63) is 58.7 Å². The Morgan fingerprint density at radius 2 is 0.778 bits per heavy atom. The number of benzene rings is 2. The molecule has 0 saturated carbocycles. The number of aromatic hydroxyl groups is 2. The van der Waals surface area contributed by atoms with E-state index in [-0.39, 0.29) is 24.3 Å². The Bertz CT molecular complexity index is 1040. The third kappa shape index (κ3) is 4.40. The average Bonchev–Trinajstić information content (AvgIpc) is 2.69. The third-order valence-corrected chi connectivity index (χ3v) is 4.94. The zero-order chi connectivity index (χ0) is 28.3. The minimum absolute atomic E-state index is 0.0775. The molecule has 0 aromatic heterocycles. The Morgan fingerprint density at radius 3 is 1.00 bits per heavy atom. The van der Waals surface area contributed by atoms with Crippen molar-refractivity contribution in [2.24, 2.45) is 0 Å². The van der Waals surface area contributed by atoms with Gasteiger partial charge in [0.1, 0.15) is 11.5 Å². The van der Waals surface area contributed by atoms with E-state index in [1.807, 2.05) is 0 Å². The third-order valence-electron chi connectivity index (χ3n) is 4.94. The zero-order valence-corrected chi connectivity index (χ0v) is 16.7. The summed E-state index contributed by atoms with van der Waals surface area (Å²) in [5, 5.41) is 37.9. The van der Waals surface area contributed by atoms with Gasteiger partial charge in [0.25, 0.3) is 11.2 Å². The molecule has 0 amide bonds. The first-order valence-corrected chi connectivity index (χ1v) is 8.84. The summed E-state index contributed by atoms with van der Waals surface area (Å²) in [6, 6.07) is 0.194. The maximum absolute atomic E-state index is 13.1. The number of rotatable bonds is 4. The summed E-state index contributed by atoms with van der Waals surface area (Å²) in [5.41, 5.74) is -18.7. The highest BCUT2D eigenvalue weighted by Crippen LogP contribution is 2.54. The van der Waals surface area contributed by atoms with Crippen LogP contribution in [0, 0.1) is 0 Å². The van der Waals surface area contributed by atoms with Gasteiger partial charge in [0.2, 0.25) is 0 Å². The lowest BCUT2D eigenvalue weighted by molar-refractivity contribution is -0.377. The summed E-state index contributed by atoms with van der Waals surface area (Å²) in [7, 11) is 0. The first-order chi connectivity index (χ1) is 15.9. The molecule has 0 unspecified atom stereocenters. The van der Waals surface area contributed by atoms with Gasteiger partial charge >= 0.3 is 24.7 Å². The molecule has 0 spiro atoms. The first-order valence-electron chi connectivity index (χ1n) is 8.84. The second-order valence-electron chi connectivity index (χ2n) is 7.20. The van der Waals surface area contributed by atoms with Crippen molar-refractivity contribution in [1.29, 1.82) is 0 Å². The summed E-state index contributed by atoms with van der Waals surface area (Å²) >= 11 is 0. The van der Waals surface area contributed by atoms with Crippen LogP contribution in [-0.2, 0) is 11.2 Å². The maximum Gasteiger partial charge on any atom is 0.430 e. The van der Waals surface area contributed by atoms with E-state index < -0.39 is 75.4 Å². The molecule has 2 rings (SSSR count).